The molecular formula is C24H26FN5O3. The molecule has 172 valence electrons. The maximum atomic E-state index is 13.4. The zero-order valence-corrected chi connectivity index (χ0v) is 18.4. The first-order valence-electron chi connectivity index (χ1n) is 10.9. The van der Waals surface area contributed by atoms with Crippen molar-refractivity contribution < 1.29 is 18.5 Å². The largest absolute Gasteiger partial charge is 0.371 e. The van der Waals surface area contributed by atoms with Gasteiger partial charge >= 0.3 is 0 Å². The molecule has 1 saturated heterocycles. The second kappa shape index (κ2) is 9.81. The summed E-state index contributed by atoms with van der Waals surface area (Å²) in [5, 5.41) is 6.78. The number of hydrogen-bond donors (Lipinski definition) is 2. The smallest absolute Gasteiger partial charge is 0.227 e. The number of primary amides is 1. The number of piperidine rings is 1. The molecule has 0 atom stereocenters. The van der Waals surface area contributed by atoms with Gasteiger partial charge in [-0.05, 0) is 67.8 Å². The highest BCUT2D eigenvalue weighted by Gasteiger charge is 2.23. The van der Waals surface area contributed by atoms with E-state index in [0.29, 0.717) is 35.0 Å². The average molecular weight is 452 g/mol. The lowest BCUT2D eigenvalue weighted by Crippen LogP contribution is -2.38. The second-order valence-electron chi connectivity index (χ2n) is 8.23. The Balaban J connectivity index is 1.27. The third kappa shape index (κ3) is 5.54. The van der Waals surface area contributed by atoms with Gasteiger partial charge < -0.3 is 20.5 Å². The van der Waals surface area contributed by atoms with Gasteiger partial charge in [0.1, 0.15) is 5.82 Å². The van der Waals surface area contributed by atoms with Crippen molar-refractivity contribution >= 4 is 23.2 Å². The maximum absolute atomic E-state index is 13.4. The molecule has 1 aromatic heterocycles. The van der Waals surface area contributed by atoms with E-state index in [0.717, 1.165) is 31.6 Å². The van der Waals surface area contributed by atoms with Crippen LogP contribution in [0.4, 0.5) is 15.8 Å². The number of aryl methyl sites for hydroxylation is 2. The van der Waals surface area contributed by atoms with Gasteiger partial charge in [0, 0.05) is 48.8 Å². The number of rotatable bonds is 7. The highest BCUT2D eigenvalue weighted by atomic mass is 19.1. The van der Waals surface area contributed by atoms with Crippen molar-refractivity contribution in [2.75, 3.05) is 23.3 Å². The highest BCUT2D eigenvalue weighted by molar-refractivity contribution is 5.91. The Labute approximate surface area is 191 Å². The minimum absolute atomic E-state index is 0.0467. The number of aromatic nitrogens is 2. The Morgan fingerprint density at radius 2 is 1.91 bits per heavy atom. The van der Waals surface area contributed by atoms with E-state index in [1.807, 2.05) is 24.3 Å². The number of nitrogens with zero attached hydrogens (tertiary/aromatic N) is 3. The van der Waals surface area contributed by atoms with Crippen LogP contribution in [-0.2, 0) is 16.0 Å². The summed E-state index contributed by atoms with van der Waals surface area (Å²) >= 11 is 0. The van der Waals surface area contributed by atoms with Crippen molar-refractivity contribution in [2.24, 2.45) is 11.7 Å². The first-order valence-corrected chi connectivity index (χ1v) is 10.9. The number of halogens is 1. The van der Waals surface area contributed by atoms with E-state index >= 15 is 0 Å². The van der Waals surface area contributed by atoms with Crippen molar-refractivity contribution in [3.8, 4) is 11.4 Å². The summed E-state index contributed by atoms with van der Waals surface area (Å²) in [5.41, 5.74) is 8.30. The molecule has 0 aliphatic carbocycles. The fraction of sp³-hybridized carbons (Fsp3) is 0.333. The summed E-state index contributed by atoms with van der Waals surface area (Å²) in [6.45, 7) is 3.23. The van der Waals surface area contributed by atoms with Gasteiger partial charge in [0.2, 0.25) is 23.5 Å². The van der Waals surface area contributed by atoms with Crippen molar-refractivity contribution in [3.05, 3.63) is 59.7 Å². The SMILES string of the molecule is Cc1cc(-c2noc(CCC(=O)Nc3ccc(N4CCC(C(N)=O)CC4)cc3)n2)ccc1F. The van der Waals surface area contributed by atoms with Crippen LogP contribution in [0.15, 0.2) is 47.0 Å². The maximum Gasteiger partial charge on any atom is 0.227 e. The molecule has 3 aromatic rings. The van der Waals surface area contributed by atoms with E-state index in [-0.39, 0.29) is 30.0 Å². The Kier molecular flexibility index (Phi) is 6.67. The van der Waals surface area contributed by atoms with E-state index in [2.05, 4.69) is 20.4 Å². The third-order valence-electron chi connectivity index (χ3n) is 5.86. The van der Waals surface area contributed by atoms with Gasteiger partial charge in [0.15, 0.2) is 0 Å². The summed E-state index contributed by atoms with van der Waals surface area (Å²) in [6, 6.07) is 12.2. The van der Waals surface area contributed by atoms with E-state index in [9.17, 15) is 14.0 Å². The lowest BCUT2D eigenvalue weighted by Gasteiger charge is -2.32. The van der Waals surface area contributed by atoms with Gasteiger partial charge in [-0.25, -0.2) is 4.39 Å². The van der Waals surface area contributed by atoms with E-state index < -0.39 is 0 Å². The third-order valence-corrected chi connectivity index (χ3v) is 5.86. The molecule has 0 unspecified atom stereocenters. The predicted molar refractivity (Wildman–Crippen MR) is 122 cm³/mol. The van der Waals surface area contributed by atoms with E-state index in [1.165, 1.54) is 6.07 Å². The molecule has 1 fully saturated rings. The van der Waals surface area contributed by atoms with Crippen molar-refractivity contribution in [1.29, 1.82) is 0 Å². The lowest BCUT2D eigenvalue weighted by molar-refractivity contribution is -0.122. The topological polar surface area (TPSA) is 114 Å². The predicted octanol–water partition coefficient (Wildman–Crippen LogP) is 3.46. The quantitative estimate of drug-likeness (QED) is 0.569. The van der Waals surface area contributed by atoms with Gasteiger partial charge in [-0.1, -0.05) is 5.16 Å². The number of amides is 2. The number of carbonyl (C=O) groups is 2. The zero-order chi connectivity index (χ0) is 23.4. The Morgan fingerprint density at radius 3 is 2.58 bits per heavy atom. The van der Waals surface area contributed by atoms with Crippen LogP contribution in [0, 0.1) is 18.7 Å². The fourth-order valence-electron chi connectivity index (χ4n) is 3.88. The number of hydrogen-bond acceptors (Lipinski definition) is 6. The molecule has 33 heavy (non-hydrogen) atoms. The Bertz CT molecular complexity index is 1140. The number of carbonyl (C=O) groups excluding carboxylic acids is 2. The van der Waals surface area contributed by atoms with Crippen molar-refractivity contribution in [3.63, 3.8) is 0 Å². The molecule has 0 bridgehead atoms. The molecule has 9 heteroatoms. The van der Waals surface area contributed by atoms with Crippen LogP contribution in [0.3, 0.4) is 0 Å². The molecule has 0 radical (unpaired) electrons. The van der Waals surface area contributed by atoms with Crippen LogP contribution in [0.25, 0.3) is 11.4 Å². The Hall–Kier alpha value is -3.75. The molecular weight excluding hydrogens is 425 g/mol. The number of benzene rings is 2. The highest BCUT2D eigenvalue weighted by Crippen LogP contribution is 2.25. The monoisotopic (exact) mass is 451 g/mol. The molecule has 0 saturated carbocycles. The van der Waals surface area contributed by atoms with Gasteiger partial charge in [-0.15, -0.1) is 0 Å². The van der Waals surface area contributed by atoms with Gasteiger partial charge in [-0.2, -0.15) is 4.98 Å². The first kappa shape index (κ1) is 22.4. The van der Waals surface area contributed by atoms with Gasteiger partial charge in [0.05, 0.1) is 0 Å². The van der Waals surface area contributed by atoms with Gasteiger partial charge in [-0.3, -0.25) is 9.59 Å². The number of nitrogens with one attached hydrogen (secondary N) is 1. The van der Waals surface area contributed by atoms with Gasteiger partial charge in [0.25, 0.3) is 0 Å². The molecule has 2 amide bonds. The Morgan fingerprint density at radius 1 is 1.18 bits per heavy atom. The number of nitrogens with two attached hydrogens (primary N) is 1. The normalized spacial score (nSPS) is 14.3. The minimum atomic E-state index is -0.292. The summed E-state index contributed by atoms with van der Waals surface area (Å²) in [7, 11) is 0. The summed E-state index contributed by atoms with van der Waals surface area (Å²) in [6.07, 6.45) is 2.00. The van der Waals surface area contributed by atoms with Crippen molar-refractivity contribution in [1.82, 2.24) is 10.1 Å². The lowest BCUT2D eigenvalue weighted by atomic mass is 9.96. The average Bonchev–Trinajstić information content (AvgIpc) is 3.29. The number of anilines is 2. The van der Waals surface area contributed by atoms with Crippen LogP contribution in [-0.4, -0.2) is 35.0 Å². The summed E-state index contributed by atoms with van der Waals surface area (Å²) in [5.74, 6) is -0.0208. The molecule has 1 aliphatic rings. The van der Waals surface area contributed by atoms with Crippen LogP contribution >= 0.6 is 0 Å². The minimum Gasteiger partial charge on any atom is -0.371 e. The summed E-state index contributed by atoms with van der Waals surface area (Å²) < 4.78 is 18.7. The first-order chi connectivity index (χ1) is 15.9. The van der Waals surface area contributed by atoms with E-state index in [4.69, 9.17) is 10.3 Å². The molecule has 0 spiro atoms. The summed E-state index contributed by atoms with van der Waals surface area (Å²) in [4.78, 5) is 30.2. The molecule has 2 aromatic carbocycles. The molecule has 1 aliphatic heterocycles. The molecule has 3 N–H and O–H groups in total. The molecule has 4 rings (SSSR count). The van der Waals surface area contributed by atoms with Crippen LogP contribution < -0.4 is 16.0 Å². The molecule has 8 nitrogen and oxygen atoms in total. The van der Waals surface area contributed by atoms with E-state index in [1.54, 1.807) is 19.1 Å². The zero-order valence-electron chi connectivity index (χ0n) is 18.4. The van der Waals surface area contributed by atoms with Crippen molar-refractivity contribution in [2.45, 2.75) is 32.6 Å². The fourth-order valence-corrected chi connectivity index (χ4v) is 3.88. The standard InChI is InChI=1S/C24H26FN5O3/c1-15-14-17(2-7-20(15)25)24-28-22(33-29-24)9-8-21(31)27-18-3-5-19(6-4-18)30-12-10-16(11-13-30)23(26)32/h2-7,14,16H,8-13H2,1H3,(H2,26,32)(H,27,31). The van der Waals surface area contributed by atoms with Crippen LogP contribution in [0.1, 0.15) is 30.7 Å². The molecule has 2 heterocycles. The van der Waals surface area contributed by atoms with Crippen LogP contribution in [0.2, 0.25) is 0 Å². The van der Waals surface area contributed by atoms with Crippen LogP contribution in [0.5, 0.6) is 0 Å². The second-order valence-corrected chi connectivity index (χ2v) is 8.23.